The molecule has 1 aromatic carbocycles. The first-order valence-corrected chi connectivity index (χ1v) is 10.0. The number of rotatable bonds is 4. The molecule has 2 aromatic rings. The third-order valence-electron chi connectivity index (χ3n) is 3.97. The molecule has 1 saturated heterocycles. The van der Waals surface area contributed by atoms with Gasteiger partial charge in [-0.3, -0.25) is 0 Å². The number of sulfonamides is 1. The van der Waals surface area contributed by atoms with Crippen molar-refractivity contribution < 1.29 is 12.9 Å². The lowest BCUT2D eigenvalue weighted by molar-refractivity contribution is 0.353. The third-order valence-corrected chi connectivity index (χ3v) is 6.83. The molecule has 10 heteroatoms. The summed E-state index contributed by atoms with van der Waals surface area (Å²) >= 11 is 12.1. The summed E-state index contributed by atoms with van der Waals surface area (Å²) in [6.45, 7) is 5.41. The summed E-state index contributed by atoms with van der Waals surface area (Å²) in [5, 5.41) is 4.17. The van der Waals surface area contributed by atoms with Crippen LogP contribution in [-0.2, 0) is 10.0 Å². The van der Waals surface area contributed by atoms with E-state index < -0.39 is 10.0 Å². The van der Waals surface area contributed by atoms with E-state index in [9.17, 15) is 8.42 Å². The van der Waals surface area contributed by atoms with E-state index in [1.54, 1.807) is 6.07 Å². The van der Waals surface area contributed by atoms with E-state index in [4.69, 9.17) is 27.7 Å². The van der Waals surface area contributed by atoms with Crippen LogP contribution in [0.1, 0.15) is 25.6 Å². The third kappa shape index (κ3) is 3.62. The van der Waals surface area contributed by atoms with Crippen LogP contribution in [0.2, 0.25) is 10.0 Å². The van der Waals surface area contributed by atoms with Crippen molar-refractivity contribution in [3.63, 3.8) is 0 Å². The van der Waals surface area contributed by atoms with Crippen molar-refractivity contribution >= 4 is 39.2 Å². The maximum atomic E-state index is 12.9. The van der Waals surface area contributed by atoms with Gasteiger partial charge in [-0.2, -0.15) is 9.29 Å². The molecule has 3 rings (SSSR count). The molecule has 1 fully saturated rings. The molecule has 0 N–H and O–H groups in total. The summed E-state index contributed by atoms with van der Waals surface area (Å²) in [6.07, 6.45) is 0. The molecule has 0 unspecified atom stereocenters. The van der Waals surface area contributed by atoms with Gasteiger partial charge in [-0.25, -0.2) is 8.42 Å². The van der Waals surface area contributed by atoms with Crippen LogP contribution < -0.4 is 4.90 Å². The Morgan fingerprint density at radius 1 is 1.12 bits per heavy atom. The highest BCUT2D eigenvalue weighted by Gasteiger charge is 2.33. The van der Waals surface area contributed by atoms with Crippen LogP contribution in [0, 0.1) is 0 Å². The van der Waals surface area contributed by atoms with Gasteiger partial charge in [0.15, 0.2) is 5.82 Å². The minimum atomic E-state index is -3.76. The predicted octanol–water partition coefficient (Wildman–Crippen LogP) is 3.01. The second kappa shape index (κ2) is 7.11. The largest absolute Gasteiger partial charge is 0.324 e. The average Bonchev–Trinajstić information content (AvgIpc) is 3.05. The molecule has 2 heterocycles. The maximum Gasteiger partial charge on any atom is 0.324 e. The number of aromatic nitrogens is 2. The van der Waals surface area contributed by atoms with Crippen molar-refractivity contribution in [2.24, 2.45) is 0 Å². The summed E-state index contributed by atoms with van der Waals surface area (Å²) in [5.41, 5.74) is 0. The second-order valence-electron chi connectivity index (χ2n) is 6.03. The van der Waals surface area contributed by atoms with Crippen molar-refractivity contribution in [2.45, 2.75) is 24.7 Å². The number of hydrogen-bond acceptors (Lipinski definition) is 6. The minimum absolute atomic E-state index is 0.0494. The topological polar surface area (TPSA) is 79.5 Å². The molecule has 136 valence electrons. The van der Waals surface area contributed by atoms with E-state index in [0.29, 0.717) is 24.9 Å². The van der Waals surface area contributed by atoms with E-state index in [1.807, 2.05) is 18.7 Å². The minimum Gasteiger partial charge on any atom is -0.322 e. The van der Waals surface area contributed by atoms with E-state index in [-0.39, 0.29) is 33.9 Å². The standard InChI is InChI=1S/C15H18Cl2N4O3S/c1-10(2)14-18-15(24-19-14)20-6-8-21(9-7-20)25(22,23)13-11(16)4-3-5-12(13)17/h3-5,10H,6-9H2,1-2H3. The molecule has 0 atom stereocenters. The van der Waals surface area contributed by atoms with Crippen molar-refractivity contribution in [3.05, 3.63) is 34.1 Å². The molecule has 1 aliphatic heterocycles. The molecule has 1 aromatic heterocycles. The van der Waals surface area contributed by atoms with Gasteiger partial charge in [-0.05, 0) is 12.1 Å². The number of halogens is 2. The van der Waals surface area contributed by atoms with E-state index in [1.165, 1.54) is 16.4 Å². The smallest absolute Gasteiger partial charge is 0.322 e. The lowest BCUT2D eigenvalue weighted by Gasteiger charge is -2.33. The van der Waals surface area contributed by atoms with Crippen LogP contribution in [0.3, 0.4) is 0 Å². The predicted molar refractivity (Wildman–Crippen MR) is 95.8 cm³/mol. The van der Waals surface area contributed by atoms with Gasteiger partial charge in [0.25, 0.3) is 0 Å². The Bertz CT molecular complexity index is 841. The number of benzene rings is 1. The molecule has 7 nitrogen and oxygen atoms in total. The fourth-order valence-corrected chi connectivity index (χ4v) is 5.08. The lowest BCUT2D eigenvalue weighted by Crippen LogP contribution is -2.48. The van der Waals surface area contributed by atoms with E-state index >= 15 is 0 Å². The first kappa shape index (κ1) is 18.4. The Labute approximate surface area is 156 Å². The molecular formula is C15H18Cl2N4O3S. The van der Waals surface area contributed by atoms with Crippen LogP contribution in [-0.4, -0.2) is 49.0 Å². The van der Waals surface area contributed by atoms with Crippen molar-refractivity contribution in [1.82, 2.24) is 14.4 Å². The van der Waals surface area contributed by atoms with Gasteiger partial charge in [0.2, 0.25) is 10.0 Å². The highest BCUT2D eigenvalue weighted by Crippen LogP contribution is 2.32. The van der Waals surface area contributed by atoms with Gasteiger partial charge in [0.1, 0.15) is 4.90 Å². The summed E-state index contributed by atoms with van der Waals surface area (Å²) < 4.78 is 32.3. The first-order valence-electron chi connectivity index (χ1n) is 7.83. The SMILES string of the molecule is CC(C)c1noc(N2CCN(S(=O)(=O)c3c(Cl)cccc3Cl)CC2)n1. The van der Waals surface area contributed by atoms with Crippen LogP contribution in [0.15, 0.2) is 27.6 Å². The molecule has 0 amide bonds. The molecule has 0 bridgehead atoms. The molecule has 25 heavy (non-hydrogen) atoms. The Morgan fingerprint density at radius 2 is 1.72 bits per heavy atom. The van der Waals surface area contributed by atoms with Crippen LogP contribution in [0.4, 0.5) is 6.01 Å². The second-order valence-corrected chi connectivity index (χ2v) is 8.72. The monoisotopic (exact) mass is 404 g/mol. The highest BCUT2D eigenvalue weighted by atomic mass is 35.5. The average molecular weight is 405 g/mol. The fourth-order valence-electron chi connectivity index (χ4n) is 2.57. The Balaban J connectivity index is 1.75. The molecule has 0 saturated carbocycles. The number of hydrogen-bond donors (Lipinski definition) is 0. The summed E-state index contributed by atoms with van der Waals surface area (Å²) in [4.78, 5) is 6.17. The molecular weight excluding hydrogens is 387 g/mol. The van der Waals surface area contributed by atoms with Gasteiger partial charge in [0.05, 0.1) is 10.0 Å². The van der Waals surface area contributed by atoms with Gasteiger partial charge >= 0.3 is 6.01 Å². The highest BCUT2D eigenvalue weighted by molar-refractivity contribution is 7.89. The zero-order chi connectivity index (χ0) is 18.2. The Morgan fingerprint density at radius 3 is 2.24 bits per heavy atom. The van der Waals surface area contributed by atoms with Crippen LogP contribution in [0.25, 0.3) is 0 Å². The van der Waals surface area contributed by atoms with Crippen molar-refractivity contribution in [1.29, 1.82) is 0 Å². The van der Waals surface area contributed by atoms with Gasteiger partial charge in [0, 0.05) is 32.1 Å². The molecule has 0 radical (unpaired) electrons. The fraction of sp³-hybridized carbons (Fsp3) is 0.467. The molecule has 1 aliphatic rings. The first-order chi connectivity index (χ1) is 11.8. The normalized spacial score (nSPS) is 16.6. The van der Waals surface area contributed by atoms with Crippen LogP contribution >= 0.6 is 23.2 Å². The molecule has 0 spiro atoms. The summed E-state index contributed by atoms with van der Waals surface area (Å²) in [7, 11) is -3.76. The van der Waals surface area contributed by atoms with Gasteiger partial charge in [-0.15, -0.1) is 0 Å². The van der Waals surface area contributed by atoms with Crippen molar-refractivity contribution in [2.75, 3.05) is 31.1 Å². The van der Waals surface area contributed by atoms with E-state index in [0.717, 1.165) is 0 Å². The number of anilines is 1. The van der Waals surface area contributed by atoms with Crippen LogP contribution in [0.5, 0.6) is 0 Å². The maximum absolute atomic E-state index is 12.9. The Hall–Kier alpha value is -1.35. The van der Waals surface area contributed by atoms with Crippen molar-refractivity contribution in [3.8, 4) is 0 Å². The van der Waals surface area contributed by atoms with Gasteiger partial charge in [-0.1, -0.05) is 48.3 Å². The van der Waals surface area contributed by atoms with Gasteiger partial charge < -0.3 is 9.42 Å². The zero-order valence-corrected chi connectivity index (χ0v) is 16.1. The zero-order valence-electron chi connectivity index (χ0n) is 13.8. The summed E-state index contributed by atoms with van der Waals surface area (Å²) in [6, 6.07) is 5.06. The summed E-state index contributed by atoms with van der Waals surface area (Å²) in [5.74, 6) is 0.800. The molecule has 0 aliphatic carbocycles. The lowest BCUT2D eigenvalue weighted by atomic mass is 10.2. The number of nitrogens with zero attached hydrogens (tertiary/aromatic N) is 4. The number of piperazine rings is 1. The van der Waals surface area contributed by atoms with E-state index in [2.05, 4.69) is 10.1 Å². The Kier molecular flexibility index (Phi) is 5.24. The quantitative estimate of drug-likeness (QED) is 0.778.